The number of benzene rings is 2. The molecule has 6 heteroatoms. The molecule has 23 heavy (non-hydrogen) atoms. The predicted molar refractivity (Wildman–Crippen MR) is 93.8 cm³/mol. The highest BCUT2D eigenvalue weighted by Crippen LogP contribution is 2.36. The van der Waals surface area contributed by atoms with Crippen molar-refractivity contribution in [2.75, 3.05) is 0 Å². The molecule has 0 aliphatic carbocycles. The summed E-state index contributed by atoms with van der Waals surface area (Å²) in [5.41, 5.74) is 0.374. The Balaban J connectivity index is 2.32. The molecular formula is C17H12Br2O4. The van der Waals surface area contributed by atoms with Crippen LogP contribution in [0.25, 0.3) is 11.0 Å². The second-order valence-electron chi connectivity index (χ2n) is 4.91. The Bertz CT molecular complexity index is 1010. The lowest BCUT2D eigenvalue weighted by atomic mass is 9.98. The predicted octanol–water partition coefficient (Wildman–Crippen LogP) is 4.95. The molecular weight excluding hydrogens is 428 g/mol. The molecule has 0 saturated heterocycles. The minimum Gasteiger partial charge on any atom is -0.506 e. The van der Waals surface area contributed by atoms with Crippen LogP contribution in [0.5, 0.6) is 5.75 Å². The lowest BCUT2D eigenvalue weighted by Gasteiger charge is -2.07. The quantitative estimate of drug-likeness (QED) is 0.564. The van der Waals surface area contributed by atoms with Crippen molar-refractivity contribution in [3.63, 3.8) is 0 Å². The van der Waals surface area contributed by atoms with Crippen LogP contribution >= 0.6 is 31.9 Å². The number of para-hydroxylation sites is 1. The third-order valence-corrected chi connectivity index (χ3v) is 4.52. The zero-order valence-electron chi connectivity index (χ0n) is 13.9. The highest BCUT2D eigenvalue weighted by Gasteiger charge is 2.25. The van der Waals surface area contributed by atoms with E-state index in [0.717, 1.165) is 0 Å². The Kier molecular flexibility index (Phi) is 3.66. The average molecular weight is 442 g/mol. The van der Waals surface area contributed by atoms with Crippen molar-refractivity contribution < 1.29 is 22.2 Å². The summed E-state index contributed by atoms with van der Waals surface area (Å²) in [4.78, 5) is 13.1. The Morgan fingerprint density at radius 3 is 2.74 bits per heavy atom. The van der Waals surface area contributed by atoms with Crippen molar-refractivity contribution in [2.24, 2.45) is 0 Å². The van der Waals surface area contributed by atoms with Crippen molar-refractivity contribution in [1.29, 1.82) is 0 Å². The smallest absolute Gasteiger partial charge is 0.197 e. The van der Waals surface area contributed by atoms with Gasteiger partial charge in [-0.1, -0.05) is 18.2 Å². The summed E-state index contributed by atoms with van der Waals surface area (Å²) < 4.78 is 21.8. The SMILES string of the molecule is [2H]c1c(C(=O)c2c(C([2H])(C)O)oc3ccccc23)cc(Br)c(O)c1Br. The first-order valence-electron chi connectivity index (χ1n) is 7.59. The van der Waals surface area contributed by atoms with E-state index in [0.29, 0.717) is 11.0 Å². The van der Waals surface area contributed by atoms with Gasteiger partial charge in [0.25, 0.3) is 0 Å². The Labute approximate surface area is 151 Å². The molecule has 0 fully saturated rings. The lowest BCUT2D eigenvalue weighted by Crippen LogP contribution is -2.06. The number of carbonyl (C=O) groups excluding carboxylic acids is 1. The number of phenolic OH excluding ortho intramolecular Hbond substituents is 1. The molecule has 3 rings (SSSR count). The molecule has 0 aliphatic heterocycles. The summed E-state index contributed by atoms with van der Waals surface area (Å²) in [7, 11) is 0. The number of fused-ring (bicyclic) bond motifs is 1. The van der Waals surface area contributed by atoms with Gasteiger partial charge in [-0.25, -0.2) is 0 Å². The fourth-order valence-corrected chi connectivity index (χ4v) is 3.42. The molecule has 0 saturated carbocycles. The van der Waals surface area contributed by atoms with Gasteiger partial charge in [-0.2, -0.15) is 0 Å². The van der Waals surface area contributed by atoms with Crippen molar-refractivity contribution >= 4 is 48.6 Å². The first-order valence-corrected chi connectivity index (χ1v) is 8.18. The molecule has 4 nitrogen and oxygen atoms in total. The molecule has 0 aliphatic rings. The number of halogens is 2. The molecule has 2 aromatic carbocycles. The van der Waals surface area contributed by atoms with Gasteiger partial charge in [0.1, 0.15) is 23.2 Å². The summed E-state index contributed by atoms with van der Waals surface area (Å²) in [6.45, 7) is 1.20. The highest BCUT2D eigenvalue weighted by molar-refractivity contribution is 9.11. The average Bonchev–Trinajstić information content (AvgIpc) is 2.95. The number of rotatable bonds is 3. The van der Waals surface area contributed by atoms with Gasteiger partial charge in [0, 0.05) is 10.9 Å². The van der Waals surface area contributed by atoms with E-state index in [4.69, 9.17) is 7.16 Å². The number of phenols is 1. The van der Waals surface area contributed by atoms with Gasteiger partial charge < -0.3 is 14.6 Å². The minimum atomic E-state index is -2.13. The number of carbonyl (C=O) groups is 1. The van der Waals surface area contributed by atoms with Crippen LogP contribution in [0, 0.1) is 0 Å². The van der Waals surface area contributed by atoms with Gasteiger partial charge >= 0.3 is 0 Å². The molecule has 1 unspecified atom stereocenters. The van der Waals surface area contributed by atoms with Gasteiger partial charge in [0.2, 0.25) is 0 Å². The Hall–Kier alpha value is -1.63. The second kappa shape index (κ2) is 6.11. The fourth-order valence-electron chi connectivity index (χ4n) is 2.30. The van der Waals surface area contributed by atoms with E-state index in [1.54, 1.807) is 24.3 Å². The molecule has 2 N–H and O–H groups in total. The molecule has 118 valence electrons. The maximum atomic E-state index is 13.1. The topological polar surface area (TPSA) is 70.7 Å². The van der Waals surface area contributed by atoms with E-state index in [1.165, 1.54) is 13.0 Å². The third-order valence-electron chi connectivity index (χ3n) is 3.35. The minimum absolute atomic E-state index is 0.00592. The molecule has 1 heterocycles. The van der Waals surface area contributed by atoms with E-state index in [1.807, 2.05) is 0 Å². The normalized spacial score (nSPS) is 15.1. The summed E-state index contributed by atoms with van der Waals surface area (Å²) >= 11 is 6.24. The lowest BCUT2D eigenvalue weighted by molar-refractivity contribution is 0.102. The zero-order chi connectivity index (χ0) is 18.5. The second-order valence-corrected chi connectivity index (χ2v) is 6.56. The maximum Gasteiger partial charge on any atom is 0.197 e. The van der Waals surface area contributed by atoms with Gasteiger partial charge in [-0.05, 0) is 57.0 Å². The van der Waals surface area contributed by atoms with E-state index in [9.17, 15) is 15.0 Å². The van der Waals surface area contributed by atoms with E-state index in [2.05, 4.69) is 31.9 Å². The number of hydrogen-bond donors (Lipinski definition) is 2. The Morgan fingerprint density at radius 1 is 1.35 bits per heavy atom. The number of furan rings is 1. The monoisotopic (exact) mass is 440 g/mol. The van der Waals surface area contributed by atoms with Crippen molar-refractivity contribution in [1.82, 2.24) is 0 Å². The number of hydrogen-bond acceptors (Lipinski definition) is 4. The summed E-state index contributed by atoms with van der Waals surface area (Å²) in [5, 5.41) is 20.4. The summed E-state index contributed by atoms with van der Waals surface area (Å²) in [6, 6.07) is 7.83. The van der Waals surface area contributed by atoms with Gasteiger partial charge in [0.15, 0.2) is 5.78 Å². The summed E-state index contributed by atoms with van der Waals surface area (Å²) in [6.07, 6.45) is -2.13. The van der Waals surface area contributed by atoms with Gasteiger partial charge in [-0.3, -0.25) is 4.79 Å². The molecule has 1 atom stereocenters. The maximum absolute atomic E-state index is 13.1. The van der Waals surface area contributed by atoms with Crippen LogP contribution in [0.2, 0.25) is 0 Å². The van der Waals surface area contributed by atoms with Gasteiger partial charge in [0.05, 0.1) is 17.3 Å². The number of aliphatic hydroxyl groups is 1. The zero-order valence-corrected chi connectivity index (χ0v) is 15.0. The van der Waals surface area contributed by atoms with Crippen molar-refractivity contribution in [3.05, 3.63) is 62.2 Å². The van der Waals surface area contributed by atoms with Crippen molar-refractivity contribution in [3.8, 4) is 5.75 Å². The number of ketones is 1. The molecule has 1 aromatic heterocycles. The largest absolute Gasteiger partial charge is 0.506 e. The summed E-state index contributed by atoms with van der Waals surface area (Å²) in [5.74, 6) is -0.969. The van der Waals surface area contributed by atoms with Crippen molar-refractivity contribution in [2.45, 2.75) is 13.0 Å². The fraction of sp³-hybridized carbons (Fsp3) is 0.118. The van der Waals surface area contributed by atoms with Crippen LogP contribution in [0.4, 0.5) is 0 Å². The number of aromatic hydroxyl groups is 1. The molecule has 3 aromatic rings. The van der Waals surface area contributed by atoms with E-state index >= 15 is 0 Å². The first-order chi connectivity index (χ1) is 11.6. The third kappa shape index (κ3) is 2.82. The van der Waals surface area contributed by atoms with Crippen LogP contribution < -0.4 is 0 Å². The van der Waals surface area contributed by atoms with Crippen LogP contribution in [0.15, 0.2) is 49.7 Å². The highest BCUT2D eigenvalue weighted by atomic mass is 79.9. The van der Waals surface area contributed by atoms with Gasteiger partial charge in [-0.15, -0.1) is 0 Å². The van der Waals surface area contributed by atoms with Crippen LogP contribution in [0.3, 0.4) is 0 Å². The molecule has 0 radical (unpaired) electrons. The van der Waals surface area contributed by atoms with Crippen LogP contribution in [-0.2, 0) is 0 Å². The standard InChI is InChI=1S/C17H12Br2O4/c1-8(20)17-14(10-4-2-3-5-13(10)23-17)15(21)9-6-11(18)16(22)12(19)7-9/h2-8,20,22H,1H3/i6D,8D. The molecule has 0 bridgehead atoms. The Morgan fingerprint density at radius 2 is 2.04 bits per heavy atom. The molecule has 0 amide bonds. The molecule has 0 spiro atoms. The first kappa shape index (κ1) is 13.8. The van der Waals surface area contributed by atoms with E-state index < -0.39 is 11.9 Å². The van der Waals surface area contributed by atoms with Crippen LogP contribution in [-0.4, -0.2) is 16.0 Å². The van der Waals surface area contributed by atoms with E-state index in [-0.39, 0.29) is 37.6 Å². The van der Waals surface area contributed by atoms with Crippen LogP contribution in [0.1, 0.15) is 37.4 Å².